The van der Waals surface area contributed by atoms with Crippen LogP contribution in [-0.4, -0.2) is 19.5 Å². The Labute approximate surface area is 161 Å². The number of nitrogens with two attached hydrogens (primary N) is 1. The van der Waals surface area contributed by atoms with Crippen LogP contribution in [-0.2, 0) is 0 Å². The van der Waals surface area contributed by atoms with Gasteiger partial charge < -0.3 is 11.1 Å². The number of aryl methyl sites for hydroxylation is 1. The summed E-state index contributed by atoms with van der Waals surface area (Å²) in [4.78, 5) is 12.3. The predicted molar refractivity (Wildman–Crippen MR) is 100 cm³/mol. The van der Waals surface area contributed by atoms with Crippen LogP contribution in [0.3, 0.4) is 0 Å². The van der Waals surface area contributed by atoms with Crippen LogP contribution in [0.1, 0.15) is 5.82 Å². The lowest BCUT2D eigenvalue weighted by molar-refractivity contribution is 0.510. The van der Waals surface area contributed by atoms with E-state index in [1.54, 1.807) is 31.2 Å². The molecule has 0 atom stereocenters. The van der Waals surface area contributed by atoms with Crippen LogP contribution >= 0.6 is 11.6 Å². The maximum atomic E-state index is 14.4. The van der Waals surface area contributed by atoms with Gasteiger partial charge in [0.05, 0.1) is 11.0 Å². The van der Waals surface area contributed by atoms with Gasteiger partial charge in [-0.2, -0.15) is 14.4 Å². The molecule has 0 spiro atoms. The highest BCUT2D eigenvalue weighted by Crippen LogP contribution is 2.27. The number of hydrogen-bond acceptors (Lipinski definition) is 5. The first kappa shape index (κ1) is 18.1. The Balaban J connectivity index is 1.86. The van der Waals surface area contributed by atoms with Crippen molar-refractivity contribution in [3.8, 4) is 5.95 Å². The Kier molecular flexibility index (Phi) is 4.31. The van der Waals surface area contributed by atoms with Crippen LogP contribution in [0.25, 0.3) is 17.0 Å². The number of anilines is 3. The van der Waals surface area contributed by atoms with Gasteiger partial charge in [0.25, 0.3) is 0 Å². The zero-order valence-electron chi connectivity index (χ0n) is 14.3. The summed E-state index contributed by atoms with van der Waals surface area (Å²) in [7, 11) is 0. The molecule has 2 aromatic heterocycles. The molecule has 2 heterocycles. The first-order valence-electron chi connectivity index (χ1n) is 8.03. The fourth-order valence-corrected chi connectivity index (χ4v) is 2.88. The monoisotopic (exact) mass is 404 g/mol. The minimum absolute atomic E-state index is 0.0404. The Bertz CT molecular complexity index is 1210. The third-order valence-electron chi connectivity index (χ3n) is 4.04. The molecule has 0 saturated carbocycles. The van der Waals surface area contributed by atoms with Crippen LogP contribution < -0.4 is 11.1 Å². The molecule has 0 unspecified atom stereocenters. The third kappa shape index (κ3) is 3.09. The topological polar surface area (TPSA) is 81.7 Å². The van der Waals surface area contributed by atoms with Crippen molar-refractivity contribution < 1.29 is 13.2 Å². The van der Waals surface area contributed by atoms with Crippen molar-refractivity contribution in [3.05, 3.63) is 64.7 Å². The third-order valence-corrected chi connectivity index (χ3v) is 4.29. The molecule has 4 aromatic rings. The molecule has 0 saturated heterocycles. The van der Waals surface area contributed by atoms with E-state index in [1.807, 2.05) is 0 Å². The van der Waals surface area contributed by atoms with Gasteiger partial charge in [-0.3, -0.25) is 4.57 Å². The van der Waals surface area contributed by atoms with E-state index in [0.717, 1.165) is 12.1 Å². The lowest BCUT2D eigenvalue weighted by atomic mass is 10.3. The summed E-state index contributed by atoms with van der Waals surface area (Å²) in [6.45, 7) is 1.60. The quantitative estimate of drug-likeness (QED) is 0.524. The number of nitrogens with one attached hydrogen (secondary N) is 1. The second kappa shape index (κ2) is 6.68. The van der Waals surface area contributed by atoms with E-state index in [-0.39, 0.29) is 22.8 Å². The molecule has 0 amide bonds. The SMILES string of the molecule is Cc1nc2cc(F)c(F)cc2n1-c1nc(N)c(F)c(Nc2ccc(Cl)cc2)n1. The van der Waals surface area contributed by atoms with E-state index >= 15 is 0 Å². The zero-order chi connectivity index (χ0) is 20.0. The van der Waals surface area contributed by atoms with Gasteiger partial charge in [0, 0.05) is 22.8 Å². The van der Waals surface area contributed by atoms with E-state index in [9.17, 15) is 13.2 Å². The average Bonchev–Trinajstić information content (AvgIpc) is 2.96. The largest absolute Gasteiger partial charge is 0.381 e. The summed E-state index contributed by atoms with van der Waals surface area (Å²) in [6, 6.07) is 8.45. The highest BCUT2D eigenvalue weighted by Gasteiger charge is 2.19. The number of hydrogen-bond donors (Lipinski definition) is 2. The van der Waals surface area contributed by atoms with Gasteiger partial charge in [0.15, 0.2) is 23.3 Å². The first-order valence-corrected chi connectivity index (χ1v) is 8.41. The smallest absolute Gasteiger partial charge is 0.239 e. The van der Waals surface area contributed by atoms with Gasteiger partial charge in [0.1, 0.15) is 5.82 Å². The molecule has 3 N–H and O–H groups in total. The van der Waals surface area contributed by atoms with Gasteiger partial charge in [-0.1, -0.05) is 11.6 Å². The molecule has 0 aliphatic carbocycles. The van der Waals surface area contributed by atoms with Gasteiger partial charge in [-0.05, 0) is 31.2 Å². The minimum Gasteiger partial charge on any atom is -0.381 e. The number of fused-ring (bicyclic) bond motifs is 1. The molecule has 28 heavy (non-hydrogen) atoms. The summed E-state index contributed by atoms with van der Waals surface area (Å²) in [5.74, 6) is -3.22. The van der Waals surface area contributed by atoms with Gasteiger partial charge >= 0.3 is 0 Å². The van der Waals surface area contributed by atoms with Crippen LogP contribution in [0, 0.1) is 24.4 Å². The van der Waals surface area contributed by atoms with E-state index in [2.05, 4.69) is 20.3 Å². The van der Waals surface area contributed by atoms with Crippen molar-refractivity contribution >= 4 is 40.0 Å². The summed E-state index contributed by atoms with van der Waals surface area (Å²) < 4.78 is 43.0. The maximum Gasteiger partial charge on any atom is 0.239 e. The van der Waals surface area contributed by atoms with Gasteiger partial charge in [-0.25, -0.2) is 13.8 Å². The van der Waals surface area contributed by atoms with Gasteiger partial charge in [-0.15, -0.1) is 0 Å². The Hall–Kier alpha value is -3.33. The number of benzene rings is 2. The molecular weight excluding hydrogens is 393 g/mol. The molecule has 10 heteroatoms. The van der Waals surface area contributed by atoms with Crippen LogP contribution in [0.2, 0.25) is 5.02 Å². The summed E-state index contributed by atoms with van der Waals surface area (Å²) in [5, 5.41) is 3.32. The number of nitrogen functional groups attached to an aromatic ring is 1. The van der Waals surface area contributed by atoms with Crippen molar-refractivity contribution in [2.45, 2.75) is 6.92 Å². The van der Waals surface area contributed by atoms with Crippen molar-refractivity contribution in [1.29, 1.82) is 0 Å². The van der Waals surface area contributed by atoms with Crippen molar-refractivity contribution in [3.63, 3.8) is 0 Å². The fourth-order valence-electron chi connectivity index (χ4n) is 2.75. The second-order valence-corrected chi connectivity index (χ2v) is 6.39. The van der Waals surface area contributed by atoms with E-state index in [1.165, 1.54) is 4.57 Å². The summed E-state index contributed by atoms with van der Waals surface area (Å²) in [6.07, 6.45) is 0. The number of rotatable bonds is 3. The molecule has 0 fully saturated rings. The van der Waals surface area contributed by atoms with Gasteiger partial charge in [0.2, 0.25) is 11.8 Å². The Morgan fingerprint density at radius 1 is 1.00 bits per heavy atom. The molecule has 0 aliphatic heterocycles. The number of nitrogens with zero attached hydrogens (tertiary/aromatic N) is 4. The second-order valence-electron chi connectivity index (χ2n) is 5.95. The summed E-state index contributed by atoms with van der Waals surface area (Å²) in [5.41, 5.74) is 6.65. The molecule has 2 aromatic carbocycles. The van der Waals surface area contributed by atoms with Crippen molar-refractivity contribution in [2.75, 3.05) is 11.1 Å². The number of halogens is 4. The molecule has 142 valence electrons. The number of imidazole rings is 1. The van der Waals surface area contributed by atoms with Crippen molar-refractivity contribution in [1.82, 2.24) is 19.5 Å². The average molecular weight is 405 g/mol. The standard InChI is InChI=1S/C18H12ClF3N6/c1-8-24-13-6-11(20)12(21)7-14(13)28(8)18-26-16(23)15(22)17(27-18)25-10-4-2-9(19)3-5-10/h2-7H,1H3,(H3,23,25,26,27). The van der Waals surface area contributed by atoms with Crippen LogP contribution in [0.5, 0.6) is 0 Å². The molecule has 0 bridgehead atoms. The predicted octanol–water partition coefficient (Wildman–Crippen LogP) is 4.52. The Morgan fingerprint density at radius 3 is 2.39 bits per heavy atom. The molecule has 6 nitrogen and oxygen atoms in total. The maximum absolute atomic E-state index is 14.4. The number of aromatic nitrogens is 4. The zero-order valence-corrected chi connectivity index (χ0v) is 15.1. The van der Waals surface area contributed by atoms with E-state index in [4.69, 9.17) is 17.3 Å². The molecule has 0 radical (unpaired) electrons. The molecular formula is C18H12ClF3N6. The highest BCUT2D eigenvalue weighted by molar-refractivity contribution is 6.30. The van der Waals surface area contributed by atoms with Crippen LogP contribution in [0.4, 0.5) is 30.5 Å². The lowest BCUT2D eigenvalue weighted by Gasteiger charge is -2.12. The molecule has 0 aliphatic rings. The lowest BCUT2D eigenvalue weighted by Crippen LogP contribution is -2.10. The van der Waals surface area contributed by atoms with E-state index in [0.29, 0.717) is 16.5 Å². The Morgan fingerprint density at radius 2 is 1.68 bits per heavy atom. The highest BCUT2D eigenvalue weighted by atomic mass is 35.5. The fraction of sp³-hybridized carbons (Fsp3) is 0.0556. The van der Waals surface area contributed by atoms with Crippen LogP contribution in [0.15, 0.2) is 36.4 Å². The minimum atomic E-state index is -1.05. The molecule has 4 rings (SSSR count). The van der Waals surface area contributed by atoms with Crippen molar-refractivity contribution in [2.24, 2.45) is 0 Å². The van der Waals surface area contributed by atoms with E-state index < -0.39 is 23.3 Å². The summed E-state index contributed by atoms with van der Waals surface area (Å²) >= 11 is 5.85. The normalized spacial score (nSPS) is 11.2. The first-order chi connectivity index (χ1) is 13.3.